The Hall–Kier alpha value is -4.24. The minimum absolute atomic E-state index is 0.133. The number of hydrogen-bond donors (Lipinski definition) is 1. The van der Waals surface area contributed by atoms with Crippen LogP contribution in [-0.4, -0.2) is 18.4 Å². The van der Waals surface area contributed by atoms with Gasteiger partial charge in [-0.15, -0.1) is 0 Å². The van der Waals surface area contributed by atoms with Crippen LogP contribution in [0, 0.1) is 0 Å². The molecule has 0 aliphatic heterocycles. The number of fused-ring (bicyclic) bond motifs is 1. The van der Waals surface area contributed by atoms with Gasteiger partial charge in [-0.05, 0) is 65.2 Å². The van der Waals surface area contributed by atoms with E-state index in [9.17, 15) is 21.6 Å². The largest absolute Gasteiger partial charge is 0.416 e. The second kappa shape index (κ2) is 9.09. The number of aromatic nitrogens is 2. The van der Waals surface area contributed by atoms with Gasteiger partial charge in [-0.1, -0.05) is 36.4 Å². The number of pyridine rings is 2. The number of rotatable bonds is 5. The Labute approximate surface area is 205 Å². The number of nitrogens with one attached hydrogen (secondary N) is 1. The van der Waals surface area contributed by atoms with Crippen LogP contribution in [0.1, 0.15) is 5.56 Å². The fraction of sp³-hybridized carbons (Fsp3) is 0.0370. The highest BCUT2D eigenvalue weighted by Gasteiger charge is 2.30. The Morgan fingerprint density at radius 2 is 1.47 bits per heavy atom. The zero-order valence-corrected chi connectivity index (χ0v) is 19.4. The molecule has 0 atom stereocenters. The summed E-state index contributed by atoms with van der Waals surface area (Å²) >= 11 is 0. The van der Waals surface area contributed by atoms with Crippen molar-refractivity contribution >= 4 is 26.6 Å². The first-order valence-corrected chi connectivity index (χ1v) is 12.3. The molecule has 0 saturated heterocycles. The molecule has 180 valence electrons. The zero-order chi connectivity index (χ0) is 25.3. The van der Waals surface area contributed by atoms with Gasteiger partial charge in [0.1, 0.15) is 0 Å². The minimum Gasteiger partial charge on any atom is -0.278 e. The molecule has 5 nitrogen and oxygen atoms in total. The molecule has 0 radical (unpaired) electrons. The first-order chi connectivity index (χ1) is 17.2. The molecule has 0 bridgehead atoms. The summed E-state index contributed by atoms with van der Waals surface area (Å²) in [7, 11) is -3.78. The summed E-state index contributed by atoms with van der Waals surface area (Å²) in [6, 6.07) is 21.9. The van der Waals surface area contributed by atoms with Gasteiger partial charge in [-0.2, -0.15) is 13.2 Å². The molecular formula is C27H18F3N3O2S. The number of alkyl halides is 3. The molecule has 5 rings (SSSR count). The van der Waals surface area contributed by atoms with Crippen LogP contribution in [0.3, 0.4) is 0 Å². The standard InChI is InChI=1S/C27H18F3N3O2S/c28-27(29,30)21-9-6-18(7-10-21)24-12-13-32-26-11-8-19(15-25(24)26)20-14-22(17-31-16-20)33-36(34,35)23-4-2-1-3-5-23/h1-17,33H. The summed E-state index contributed by atoms with van der Waals surface area (Å²) < 4.78 is 66.9. The van der Waals surface area contributed by atoms with E-state index >= 15 is 0 Å². The summed E-state index contributed by atoms with van der Waals surface area (Å²) in [4.78, 5) is 8.69. The van der Waals surface area contributed by atoms with Gasteiger partial charge in [0.25, 0.3) is 10.0 Å². The van der Waals surface area contributed by atoms with Crippen molar-refractivity contribution in [3.05, 3.63) is 109 Å². The van der Waals surface area contributed by atoms with Crippen LogP contribution in [0.25, 0.3) is 33.2 Å². The minimum atomic E-state index is -4.41. The number of nitrogens with zero attached hydrogens (tertiary/aromatic N) is 2. The SMILES string of the molecule is O=S(=O)(Nc1cncc(-c2ccc3nccc(-c4ccc(C(F)(F)F)cc4)c3c2)c1)c1ccccc1. The summed E-state index contributed by atoms with van der Waals surface area (Å²) in [6.07, 6.45) is 0.220. The van der Waals surface area contributed by atoms with E-state index in [0.717, 1.165) is 28.6 Å². The molecule has 0 aliphatic rings. The Bertz CT molecular complexity index is 1650. The second-order valence-corrected chi connectivity index (χ2v) is 9.73. The molecule has 5 aromatic rings. The van der Waals surface area contributed by atoms with E-state index in [-0.39, 0.29) is 4.90 Å². The summed E-state index contributed by atoms with van der Waals surface area (Å²) in [6.45, 7) is 0. The van der Waals surface area contributed by atoms with Gasteiger partial charge in [-0.25, -0.2) is 8.42 Å². The Balaban J connectivity index is 1.51. The molecule has 9 heteroatoms. The highest BCUT2D eigenvalue weighted by molar-refractivity contribution is 7.92. The topological polar surface area (TPSA) is 72.0 Å². The monoisotopic (exact) mass is 505 g/mol. The lowest BCUT2D eigenvalue weighted by Crippen LogP contribution is -2.12. The van der Waals surface area contributed by atoms with Crippen LogP contribution in [-0.2, 0) is 16.2 Å². The molecule has 36 heavy (non-hydrogen) atoms. The van der Waals surface area contributed by atoms with Crippen LogP contribution in [0.5, 0.6) is 0 Å². The van der Waals surface area contributed by atoms with Gasteiger partial charge in [0, 0.05) is 23.3 Å². The third kappa shape index (κ3) is 4.78. The average Bonchev–Trinajstić information content (AvgIpc) is 2.88. The lowest BCUT2D eigenvalue weighted by atomic mass is 9.97. The van der Waals surface area contributed by atoms with Gasteiger partial charge >= 0.3 is 6.18 Å². The smallest absolute Gasteiger partial charge is 0.278 e. The van der Waals surface area contributed by atoms with Crippen LogP contribution in [0.2, 0.25) is 0 Å². The van der Waals surface area contributed by atoms with E-state index in [1.807, 2.05) is 12.1 Å². The van der Waals surface area contributed by atoms with Gasteiger partial charge in [0.05, 0.1) is 27.9 Å². The molecule has 2 heterocycles. The molecule has 0 unspecified atom stereocenters. The zero-order valence-electron chi connectivity index (χ0n) is 18.6. The normalized spacial score (nSPS) is 12.0. The second-order valence-electron chi connectivity index (χ2n) is 8.05. The summed E-state index contributed by atoms with van der Waals surface area (Å²) in [5, 5.41) is 0.741. The fourth-order valence-corrected chi connectivity index (χ4v) is 4.94. The van der Waals surface area contributed by atoms with Gasteiger partial charge in [-0.3, -0.25) is 14.7 Å². The number of anilines is 1. The molecule has 3 aromatic carbocycles. The van der Waals surface area contributed by atoms with Crippen LogP contribution >= 0.6 is 0 Å². The van der Waals surface area contributed by atoms with Crippen molar-refractivity contribution in [2.24, 2.45) is 0 Å². The summed E-state index contributed by atoms with van der Waals surface area (Å²) in [5.41, 5.74) is 3.01. The van der Waals surface area contributed by atoms with Crippen molar-refractivity contribution < 1.29 is 21.6 Å². The van der Waals surface area contributed by atoms with Gasteiger partial charge in [0.15, 0.2) is 0 Å². The predicted octanol–water partition coefficient (Wildman–Crippen LogP) is 6.78. The maximum Gasteiger partial charge on any atom is 0.416 e. The first kappa shape index (κ1) is 23.5. The van der Waals surface area contributed by atoms with Gasteiger partial charge in [0.2, 0.25) is 0 Å². The molecule has 0 fully saturated rings. The molecule has 0 amide bonds. The van der Waals surface area contributed by atoms with Crippen molar-refractivity contribution in [1.82, 2.24) is 9.97 Å². The first-order valence-electron chi connectivity index (χ1n) is 10.8. The molecule has 0 saturated carbocycles. The number of benzene rings is 3. The van der Waals surface area contributed by atoms with Crippen molar-refractivity contribution in [3.63, 3.8) is 0 Å². The molecule has 1 N–H and O–H groups in total. The third-order valence-electron chi connectivity index (χ3n) is 5.64. The van der Waals surface area contributed by atoms with Crippen molar-refractivity contribution in [1.29, 1.82) is 0 Å². The number of hydrogen-bond acceptors (Lipinski definition) is 4. The lowest BCUT2D eigenvalue weighted by Gasteiger charge is -2.12. The lowest BCUT2D eigenvalue weighted by molar-refractivity contribution is -0.137. The van der Waals surface area contributed by atoms with E-state index in [2.05, 4.69) is 14.7 Å². The molecular weight excluding hydrogens is 487 g/mol. The highest BCUT2D eigenvalue weighted by atomic mass is 32.2. The van der Waals surface area contributed by atoms with E-state index < -0.39 is 21.8 Å². The van der Waals surface area contributed by atoms with Crippen LogP contribution < -0.4 is 4.72 Å². The van der Waals surface area contributed by atoms with Crippen LogP contribution in [0.15, 0.2) is 108 Å². The maximum absolute atomic E-state index is 13.0. The Kier molecular flexibility index (Phi) is 5.93. The highest BCUT2D eigenvalue weighted by Crippen LogP contribution is 2.34. The predicted molar refractivity (Wildman–Crippen MR) is 133 cm³/mol. The third-order valence-corrected chi connectivity index (χ3v) is 7.04. The van der Waals surface area contributed by atoms with Crippen molar-refractivity contribution in [3.8, 4) is 22.3 Å². The van der Waals surface area contributed by atoms with Crippen molar-refractivity contribution in [2.45, 2.75) is 11.1 Å². The van der Waals surface area contributed by atoms with Crippen molar-refractivity contribution in [2.75, 3.05) is 4.72 Å². The van der Waals surface area contributed by atoms with E-state index in [1.54, 1.807) is 48.8 Å². The number of halogens is 3. The van der Waals surface area contributed by atoms with E-state index in [0.29, 0.717) is 22.3 Å². The Morgan fingerprint density at radius 1 is 0.750 bits per heavy atom. The molecule has 0 aliphatic carbocycles. The number of sulfonamides is 1. The molecule has 0 spiro atoms. The fourth-order valence-electron chi connectivity index (χ4n) is 3.88. The quantitative estimate of drug-likeness (QED) is 0.286. The van der Waals surface area contributed by atoms with E-state index in [1.165, 1.54) is 30.5 Å². The van der Waals surface area contributed by atoms with Crippen LogP contribution in [0.4, 0.5) is 18.9 Å². The Morgan fingerprint density at radius 3 is 2.19 bits per heavy atom. The average molecular weight is 506 g/mol. The summed E-state index contributed by atoms with van der Waals surface area (Å²) in [5.74, 6) is 0. The molecule has 2 aromatic heterocycles. The van der Waals surface area contributed by atoms with Gasteiger partial charge < -0.3 is 0 Å². The maximum atomic E-state index is 13.0. The van der Waals surface area contributed by atoms with E-state index in [4.69, 9.17) is 0 Å².